The van der Waals surface area contributed by atoms with Gasteiger partial charge in [0.1, 0.15) is 5.75 Å². The quantitative estimate of drug-likeness (QED) is 0.570. The molecule has 5 heteroatoms. The van der Waals surface area contributed by atoms with Gasteiger partial charge in [0, 0.05) is 32.7 Å². The number of aryl methyl sites for hydroxylation is 2. The van der Waals surface area contributed by atoms with Gasteiger partial charge < -0.3 is 20.1 Å². The molecule has 2 unspecified atom stereocenters. The van der Waals surface area contributed by atoms with Crippen LogP contribution < -0.4 is 15.4 Å². The molecule has 29 heavy (non-hydrogen) atoms. The lowest BCUT2D eigenvalue weighted by atomic mass is 9.89. The molecule has 0 bridgehead atoms. The maximum absolute atomic E-state index is 6.13. The van der Waals surface area contributed by atoms with Gasteiger partial charge in [-0.1, -0.05) is 42.0 Å². The predicted octanol–water partition coefficient (Wildman–Crippen LogP) is 4.14. The van der Waals surface area contributed by atoms with Crippen LogP contribution in [0.3, 0.4) is 0 Å². The lowest BCUT2D eigenvalue weighted by molar-refractivity contribution is -0.0265. The highest BCUT2D eigenvalue weighted by Gasteiger charge is 2.27. The molecule has 0 saturated carbocycles. The molecule has 1 fully saturated rings. The van der Waals surface area contributed by atoms with Gasteiger partial charge in [0.15, 0.2) is 5.96 Å². The molecule has 1 heterocycles. The van der Waals surface area contributed by atoms with E-state index >= 15 is 0 Å². The van der Waals surface area contributed by atoms with Crippen molar-refractivity contribution in [2.45, 2.75) is 39.3 Å². The summed E-state index contributed by atoms with van der Waals surface area (Å²) in [5, 5.41) is 6.90. The van der Waals surface area contributed by atoms with Crippen LogP contribution in [0.25, 0.3) is 0 Å². The number of guanidine groups is 1. The van der Waals surface area contributed by atoms with Crippen LogP contribution in [0.1, 0.15) is 41.2 Å². The molecule has 0 amide bonds. The zero-order chi connectivity index (χ0) is 20.6. The fourth-order valence-corrected chi connectivity index (χ4v) is 3.86. The van der Waals surface area contributed by atoms with E-state index in [0.29, 0.717) is 12.5 Å². The Morgan fingerprint density at radius 1 is 1.14 bits per heavy atom. The van der Waals surface area contributed by atoms with Gasteiger partial charge >= 0.3 is 0 Å². The second-order valence-electron chi connectivity index (χ2n) is 7.72. The van der Waals surface area contributed by atoms with E-state index in [1.165, 1.54) is 16.7 Å². The Morgan fingerprint density at radius 3 is 2.62 bits per heavy atom. The molecule has 2 aromatic carbocycles. The van der Waals surface area contributed by atoms with Crippen LogP contribution >= 0.6 is 0 Å². The van der Waals surface area contributed by atoms with Crippen LogP contribution in [0.2, 0.25) is 0 Å². The summed E-state index contributed by atoms with van der Waals surface area (Å²) in [5.41, 5.74) is 4.87. The van der Waals surface area contributed by atoms with Gasteiger partial charge in [-0.2, -0.15) is 0 Å². The first-order valence-electron chi connectivity index (χ1n) is 10.4. The van der Waals surface area contributed by atoms with E-state index < -0.39 is 0 Å². The standard InChI is InChI=1S/C24H33N3O2/c1-17-7-10-20(11-8-17)23-21(6-5-13-29-23)16-27-24(25-3)26-15-19-9-12-22(28-4)18(2)14-19/h7-12,14,21,23H,5-6,13,15-16H2,1-4H3,(H2,25,26,27). The van der Waals surface area contributed by atoms with Crippen molar-refractivity contribution in [3.63, 3.8) is 0 Å². The van der Waals surface area contributed by atoms with Gasteiger partial charge in [-0.25, -0.2) is 0 Å². The summed E-state index contributed by atoms with van der Waals surface area (Å²) in [6, 6.07) is 14.9. The minimum Gasteiger partial charge on any atom is -0.496 e. The fraction of sp³-hybridized carbons (Fsp3) is 0.458. The number of hydrogen-bond acceptors (Lipinski definition) is 3. The first kappa shape index (κ1) is 21.2. The summed E-state index contributed by atoms with van der Waals surface area (Å²) in [5.74, 6) is 2.15. The average molecular weight is 396 g/mol. The average Bonchev–Trinajstić information content (AvgIpc) is 2.75. The van der Waals surface area contributed by atoms with Gasteiger partial charge in [-0.15, -0.1) is 0 Å². The van der Waals surface area contributed by atoms with E-state index in [1.54, 1.807) is 7.11 Å². The molecule has 2 atom stereocenters. The van der Waals surface area contributed by atoms with Crippen LogP contribution in [0.15, 0.2) is 47.5 Å². The molecule has 5 nitrogen and oxygen atoms in total. The highest BCUT2D eigenvalue weighted by molar-refractivity contribution is 5.79. The van der Waals surface area contributed by atoms with E-state index in [2.05, 4.69) is 65.9 Å². The normalized spacial score (nSPS) is 19.7. The zero-order valence-electron chi connectivity index (χ0n) is 18.0. The SMILES string of the molecule is CN=C(NCc1ccc(OC)c(C)c1)NCC1CCCOC1c1ccc(C)cc1. The summed E-state index contributed by atoms with van der Waals surface area (Å²) >= 11 is 0. The predicted molar refractivity (Wildman–Crippen MR) is 119 cm³/mol. The van der Waals surface area contributed by atoms with Crippen molar-refractivity contribution in [2.75, 3.05) is 27.3 Å². The fourth-order valence-electron chi connectivity index (χ4n) is 3.86. The number of methoxy groups -OCH3 is 1. The van der Waals surface area contributed by atoms with Gasteiger partial charge in [0.25, 0.3) is 0 Å². The molecule has 2 aromatic rings. The summed E-state index contributed by atoms with van der Waals surface area (Å²) in [6.07, 6.45) is 2.39. The maximum Gasteiger partial charge on any atom is 0.191 e. The molecular formula is C24H33N3O2. The van der Waals surface area contributed by atoms with Gasteiger partial charge in [0.05, 0.1) is 13.2 Å². The molecule has 0 aliphatic carbocycles. The Morgan fingerprint density at radius 2 is 1.93 bits per heavy atom. The molecule has 0 aromatic heterocycles. The third-order valence-corrected chi connectivity index (χ3v) is 5.53. The van der Waals surface area contributed by atoms with Gasteiger partial charge in [-0.3, -0.25) is 4.99 Å². The lowest BCUT2D eigenvalue weighted by Crippen LogP contribution is -2.41. The summed E-state index contributed by atoms with van der Waals surface area (Å²) in [7, 11) is 3.51. The van der Waals surface area contributed by atoms with Crippen LogP contribution in [-0.4, -0.2) is 33.3 Å². The van der Waals surface area contributed by atoms with Crippen LogP contribution in [0.4, 0.5) is 0 Å². The van der Waals surface area contributed by atoms with Gasteiger partial charge in [0.2, 0.25) is 0 Å². The topological polar surface area (TPSA) is 54.9 Å². The minimum absolute atomic E-state index is 0.138. The highest BCUT2D eigenvalue weighted by Crippen LogP contribution is 2.33. The molecule has 1 saturated heterocycles. The Bertz CT molecular complexity index is 817. The third-order valence-electron chi connectivity index (χ3n) is 5.53. The Kier molecular flexibility index (Phi) is 7.53. The summed E-state index contributed by atoms with van der Waals surface area (Å²) in [4.78, 5) is 4.38. The molecule has 1 aliphatic heterocycles. The van der Waals surface area contributed by atoms with Gasteiger partial charge in [-0.05, 0) is 49.4 Å². The van der Waals surface area contributed by atoms with Crippen molar-refractivity contribution >= 4 is 5.96 Å². The number of hydrogen-bond donors (Lipinski definition) is 2. The molecule has 0 spiro atoms. The monoisotopic (exact) mass is 395 g/mol. The Hall–Kier alpha value is -2.53. The molecule has 1 aliphatic rings. The van der Waals surface area contributed by atoms with Crippen LogP contribution in [0.5, 0.6) is 5.75 Å². The van der Waals surface area contributed by atoms with Crippen LogP contribution in [0, 0.1) is 19.8 Å². The number of nitrogens with zero attached hydrogens (tertiary/aromatic N) is 1. The smallest absolute Gasteiger partial charge is 0.191 e. The minimum atomic E-state index is 0.138. The zero-order valence-corrected chi connectivity index (χ0v) is 18.0. The molecular weight excluding hydrogens is 362 g/mol. The van der Waals surface area contributed by atoms with Crippen molar-refractivity contribution in [1.82, 2.24) is 10.6 Å². The van der Waals surface area contributed by atoms with Crippen molar-refractivity contribution < 1.29 is 9.47 Å². The largest absolute Gasteiger partial charge is 0.496 e. The molecule has 156 valence electrons. The third kappa shape index (κ3) is 5.73. The number of nitrogens with one attached hydrogen (secondary N) is 2. The van der Waals surface area contributed by atoms with E-state index in [4.69, 9.17) is 9.47 Å². The highest BCUT2D eigenvalue weighted by atomic mass is 16.5. The van der Waals surface area contributed by atoms with E-state index in [9.17, 15) is 0 Å². The number of aliphatic imine (C=N–C) groups is 1. The summed E-state index contributed by atoms with van der Waals surface area (Å²) in [6.45, 7) is 6.56. The molecule has 0 radical (unpaired) electrons. The summed E-state index contributed by atoms with van der Waals surface area (Å²) < 4.78 is 11.5. The maximum atomic E-state index is 6.13. The Labute approximate surface area is 174 Å². The van der Waals surface area contributed by atoms with Crippen LogP contribution in [-0.2, 0) is 11.3 Å². The Balaban J connectivity index is 1.56. The van der Waals surface area contributed by atoms with Crippen molar-refractivity contribution in [3.8, 4) is 5.75 Å². The first-order chi connectivity index (χ1) is 14.1. The second kappa shape index (κ2) is 10.3. The van der Waals surface area contributed by atoms with Crippen molar-refractivity contribution in [3.05, 3.63) is 64.7 Å². The number of benzene rings is 2. The molecule has 2 N–H and O–H groups in total. The lowest BCUT2D eigenvalue weighted by Gasteiger charge is -2.32. The van der Waals surface area contributed by atoms with Crippen molar-refractivity contribution in [1.29, 1.82) is 0 Å². The molecule has 3 rings (SSSR count). The number of ether oxygens (including phenoxy) is 2. The van der Waals surface area contributed by atoms with Crippen molar-refractivity contribution in [2.24, 2.45) is 10.9 Å². The van der Waals surface area contributed by atoms with E-state index in [-0.39, 0.29) is 6.10 Å². The number of rotatable bonds is 6. The first-order valence-corrected chi connectivity index (χ1v) is 10.4. The second-order valence-corrected chi connectivity index (χ2v) is 7.72. The van der Waals surface area contributed by atoms with E-state index in [1.807, 2.05) is 13.1 Å². The van der Waals surface area contributed by atoms with E-state index in [0.717, 1.165) is 43.3 Å².